The molecule has 0 bridgehead atoms. The van der Waals surface area contributed by atoms with E-state index in [4.69, 9.17) is 29.6 Å². The largest absolute Gasteiger partial charge is 0.483 e. The van der Waals surface area contributed by atoms with Crippen molar-refractivity contribution >= 4 is 24.8 Å². The van der Waals surface area contributed by atoms with Gasteiger partial charge in [-0.3, -0.25) is 29.0 Å². The number of likely N-dealkylation sites (tertiary alicyclic amines) is 1. The van der Waals surface area contributed by atoms with Crippen molar-refractivity contribution in [1.82, 2.24) is 15.1 Å². The van der Waals surface area contributed by atoms with Gasteiger partial charge in [-0.1, -0.05) is 18.2 Å². The van der Waals surface area contributed by atoms with Gasteiger partial charge in [0.25, 0.3) is 12.9 Å². The van der Waals surface area contributed by atoms with Crippen molar-refractivity contribution in [3.05, 3.63) is 35.6 Å². The van der Waals surface area contributed by atoms with Crippen molar-refractivity contribution < 1.29 is 43.6 Å². The Balaban J connectivity index is 0.000000819. The summed E-state index contributed by atoms with van der Waals surface area (Å²) in [5.74, 6) is -1.41. The third-order valence-corrected chi connectivity index (χ3v) is 5.20. The number of morpholine rings is 1. The Morgan fingerprint density at radius 1 is 1.09 bits per heavy atom. The highest BCUT2D eigenvalue weighted by molar-refractivity contribution is 5.85. The highest BCUT2D eigenvalue weighted by Gasteiger charge is 2.49. The molecule has 0 aliphatic carbocycles. The smallest absolute Gasteiger partial charge is 0.317 e. The molecule has 0 atom stereocenters. The SMILES string of the molecule is O=C(O)CN1CC(Cc2ccccc2F)(C(=O)NCCN2CCOCC2)C1.O=CO.O=CO. The van der Waals surface area contributed by atoms with E-state index in [0.717, 1.165) is 19.6 Å². The molecule has 1 aromatic rings. The fraction of sp³-hybridized carbons (Fsp3) is 0.524. The lowest BCUT2D eigenvalue weighted by atomic mass is 9.73. The van der Waals surface area contributed by atoms with Gasteiger partial charge in [-0.15, -0.1) is 0 Å². The number of benzene rings is 1. The fourth-order valence-electron chi connectivity index (χ4n) is 3.79. The predicted molar refractivity (Wildman–Crippen MR) is 114 cm³/mol. The Morgan fingerprint density at radius 2 is 1.67 bits per heavy atom. The second kappa shape index (κ2) is 14.9. The van der Waals surface area contributed by atoms with E-state index in [9.17, 15) is 14.0 Å². The van der Waals surface area contributed by atoms with E-state index in [0.29, 0.717) is 38.4 Å². The topological polar surface area (TPSA) is 157 Å². The molecule has 0 spiro atoms. The number of halogens is 1. The monoisotopic (exact) mass is 471 g/mol. The maximum atomic E-state index is 14.1. The van der Waals surface area contributed by atoms with E-state index >= 15 is 0 Å². The van der Waals surface area contributed by atoms with Crippen LogP contribution in [0.15, 0.2) is 24.3 Å². The first-order valence-electron chi connectivity index (χ1n) is 10.2. The summed E-state index contributed by atoms with van der Waals surface area (Å²) in [4.78, 5) is 44.5. The highest BCUT2D eigenvalue weighted by Crippen LogP contribution is 2.35. The van der Waals surface area contributed by atoms with Crippen LogP contribution in [0.5, 0.6) is 0 Å². The lowest BCUT2D eigenvalue weighted by molar-refractivity contribution is -0.150. The molecule has 184 valence electrons. The van der Waals surface area contributed by atoms with Crippen molar-refractivity contribution in [1.29, 1.82) is 0 Å². The molecular formula is C21H30FN3O8. The van der Waals surface area contributed by atoms with Crippen LogP contribution in [-0.2, 0) is 30.3 Å². The van der Waals surface area contributed by atoms with Crippen molar-refractivity contribution in [2.75, 3.05) is 59.0 Å². The Hall–Kier alpha value is -3.09. The van der Waals surface area contributed by atoms with Crippen LogP contribution in [0.25, 0.3) is 0 Å². The van der Waals surface area contributed by atoms with Gasteiger partial charge in [0.1, 0.15) is 5.82 Å². The van der Waals surface area contributed by atoms with E-state index < -0.39 is 11.4 Å². The summed E-state index contributed by atoms with van der Waals surface area (Å²) in [5, 5.41) is 25.7. The standard InChI is InChI=1S/C19H26FN3O4.2CH2O2/c20-16-4-2-1-3-15(16)11-19(13-23(14-19)12-17(24)25)18(26)21-5-6-22-7-9-27-10-8-22;2*2-1-3/h1-4H,5-14H2,(H,21,26)(H,24,25);2*1H,(H,2,3). The highest BCUT2D eigenvalue weighted by atomic mass is 19.1. The van der Waals surface area contributed by atoms with Crippen LogP contribution >= 0.6 is 0 Å². The van der Waals surface area contributed by atoms with Crippen LogP contribution in [0.4, 0.5) is 4.39 Å². The number of ether oxygens (including phenoxy) is 1. The second-order valence-corrected chi connectivity index (χ2v) is 7.51. The molecule has 11 nitrogen and oxygen atoms in total. The molecule has 2 saturated heterocycles. The fourth-order valence-corrected chi connectivity index (χ4v) is 3.79. The molecule has 2 aliphatic rings. The van der Waals surface area contributed by atoms with Crippen molar-refractivity contribution in [3.8, 4) is 0 Å². The number of hydrogen-bond acceptors (Lipinski definition) is 7. The van der Waals surface area contributed by atoms with Crippen LogP contribution in [0, 0.1) is 11.2 Å². The number of nitrogens with one attached hydrogen (secondary N) is 1. The van der Waals surface area contributed by atoms with E-state index in [1.165, 1.54) is 6.07 Å². The summed E-state index contributed by atoms with van der Waals surface area (Å²) < 4.78 is 19.4. The van der Waals surface area contributed by atoms with E-state index in [2.05, 4.69) is 10.2 Å². The van der Waals surface area contributed by atoms with Gasteiger partial charge in [-0.05, 0) is 18.1 Å². The van der Waals surface area contributed by atoms with Crippen molar-refractivity contribution in [2.24, 2.45) is 5.41 Å². The van der Waals surface area contributed by atoms with Crippen molar-refractivity contribution in [3.63, 3.8) is 0 Å². The summed E-state index contributed by atoms with van der Waals surface area (Å²) >= 11 is 0. The van der Waals surface area contributed by atoms with Gasteiger partial charge in [-0.2, -0.15) is 0 Å². The number of rotatable bonds is 8. The Morgan fingerprint density at radius 3 is 2.21 bits per heavy atom. The average molecular weight is 471 g/mol. The number of aliphatic carboxylic acids is 1. The number of carboxylic acids is 1. The molecule has 2 aliphatic heterocycles. The maximum Gasteiger partial charge on any atom is 0.317 e. The van der Waals surface area contributed by atoms with Gasteiger partial charge in [0.2, 0.25) is 5.91 Å². The minimum absolute atomic E-state index is 0.111. The minimum Gasteiger partial charge on any atom is -0.483 e. The van der Waals surface area contributed by atoms with Crippen molar-refractivity contribution in [2.45, 2.75) is 6.42 Å². The molecule has 2 heterocycles. The third kappa shape index (κ3) is 9.51. The molecule has 0 radical (unpaired) electrons. The molecule has 1 aromatic carbocycles. The molecule has 33 heavy (non-hydrogen) atoms. The molecule has 0 unspecified atom stereocenters. The van der Waals surface area contributed by atoms with Crippen LogP contribution in [-0.4, -0.2) is 109 Å². The van der Waals surface area contributed by atoms with Crippen LogP contribution in [0.2, 0.25) is 0 Å². The molecule has 1 amide bonds. The van der Waals surface area contributed by atoms with E-state index in [1.54, 1.807) is 23.1 Å². The second-order valence-electron chi connectivity index (χ2n) is 7.51. The quantitative estimate of drug-likeness (QED) is 0.368. The van der Waals surface area contributed by atoms with Crippen LogP contribution in [0.3, 0.4) is 0 Å². The van der Waals surface area contributed by atoms with Gasteiger partial charge in [0.05, 0.1) is 25.2 Å². The summed E-state index contributed by atoms with van der Waals surface area (Å²) in [6.45, 7) is 4.38. The summed E-state index contributed by atoms with van der Waals surface area (Å²) in [6, 6.07) is 6.42. The van der Waals surface area contributed by atoms with Crippen LogP contribution < -0.4 is 5.32 Å². The number of amides is 1. The van der Waals surface area contributed by atoms with Gasteiger partial charge < -0.3 is 25.4 Å². The summed E-state index contributed by atoms with van der Waals surface area (Å²) in [6.07, 6.45) is 0.263. The van der Waals surface area contributed by atoms with E-state index in [-0.39, 0.29) is 37.6 Å². The molecule has 0 saturated carbocycles. The predicted octanol–water partition coefficient (Wildman–Crippen LogP) is -0.395. The molecule has 12 heteroatoms. The average Bonchev–Trinajstić information content (AvgIpc) is 2.75. The van der Waals surface area contributed by atoms with Gasteiger partial charge in [0.15, 0.2) is 0 Å². The Bertz CT molecular complexity index is 762. The number of carbonyl (C=O) groups is 4. The normalized spacial score (nSPS) is 17.1. The Labute approximate surface area is 190 Å². The molecule has 4 N–H and O–H groups in total. The molecule has 3 rings (SSSR count). The lowest BCUT2D eigenvalue weighted by Gasteiger charge is -2.48. The number of hydrogen-bond donors (Lipinski definition) is 4. The zero-order valence-corrected chi connectivity index (χ0v) is 18.2. The number of nitrogens with zero attached hydrogens (tertiary/aromatic N) is 2. The Kier molecular flexibility index (Phi) is 12.6. The zero-order chi connectivity index (χ0) is 24.7. The third-order valence-electron chi connectivity index (χ3n) is 5.20. The van der Waals surface area contributed by atoms with Gasteiger partial charge in [-0.25, -0.2) is 4.39 Å². The first-order valence-corrected chi connectivity index (χ1v) is 10.2. The first-order chi connectivity index (χ1) is 15.8. The van der Waals surface area contributed by atoms with E-state index in [1.807, 2.05) is 0 Å². The minimum atomic E-state index is -0.929. The number of carbonyl (C=O) groups excluding carboxylic acids is 1. The summed E-state index contributed by atoms with van der Waals surface area (Å²) in [7, 11) is 0. The first kappa shape index (κ1) is 27.9. The number of carboxylic acid groups (broad SMARTS) is 3. The maximum absolute atomic E-state index is 14.1. The molecule has 2 fully saturated rings. The molecule has 0 aromatic heterocycles. The van der Waals surface area contributed by atoms with Gasteiger partial charge >= 0.3 is 5.97 Å². The lowest BCUT2D eigenvalue weighted by Crippen LogP contribution is -2.65. The summed E-state index contributed by atoms with van der Waals surface area (Å²) in [5.41, 5.74) is -0.307. The molecular weight excluding hydrogens is 441 g/mol. The van der Waals surface area contributed by atoms with Gasteiger partial charge in [0, 0.05) is 39.3 Å². The zero-order valence-electron chi connectivity index (χ0n) is 18.2. The van der Waals surface area contributed by atoms with Crippen LogP contribution in [0.1, 0.15) is 5.56 Å².